The van der Waals surface area contributed by atoms with Gasteiger partial charge in [-0.25, -0.2) is 0 Å². The number of halogens is 1. The van der Waals surface area contributed by atoms with E-state index in [1.54, 1.807) is 54.6 Å². The van der Waals surface area contributed by atoms with Crippen molar-refractivity contribution in [3.8, 4) is 11.5 Å². The van der Waals surface area contributed by atoms with E-state index in [2.05, 4.69) is 16.0 Å². The van der Waals surface area contributed by atoms with Crippen LogP contribution in [0.4, 0.5) is 11.4 Å². The molecule has 5 rings (SSSR count). The van der Waals surface area contributed by atoms with Gasteiger partial charge in [-0.05, 0) is 65.6 Å². The molecule has 0 aliphatic heterocycles. The summed E-state index contributed by atoms with van der Waals surface area (Å²) >= 11 is 9.13. The second-order valence-electron chi connectivity index (χ2n) is 9.96. The SMILES string of the molecule is COc1cc(OC)c(NC(=O)C(Sc2ccc(NC(=O)/C(=C/c3cccs3)NC(=O)c3ccccc3)cc2)c2ccccc2)cc1Cl. The Bertz CT molecular complexity index is 1870. The summed E-state index contributed by atoms with van der Waals surface area (Å²) in [7, 11) is 3.00. The molecular formula is C36H30ClN3O5S2. The lowest BCUT2D eigenvalue weighted by molar-refractivity contribution is -0.116. The summed E-state index contributed by atoms with van der Waals surface area (Å²) in [5.74, 6) is -0.318. The van der Waals surface area contributed by atoms with E-state index in [0.717, 1.165) is 15.3 Å². The Morgan fingerprint density at radius 3 is 2.13 bits per heavy atom. The van der Waals surface area contributed by atoms with Crippen LogP contribution < -0.4 is 25.4 Å². The van der Waals surface area contributed by atoms with Crippen LogP contribution in [0.1, 0.15) is 26.0 Å². The summed E-state index contributed by atoms with van der Waals surface area (Å²) in [6, 6.07) is 32.1. The third-order valence-electron chi connectivity index (χ3n) is 6.80. The van der Waals surface area contributed by atoms with E-state index in [1.165, 1.54) is 37.3 Å². The third-order valence-corrected chi connectivity index (χ3v) is 9.18. The highest BCUT2D eigenvalue weighted by molar-refractivity contribution is 8.00. The molecule has 238 valence electrons. The number of rotatable bonds is 12. The number of carbonyl (C=O) groups is 3. The van der Waals surface area contributed by atoms with Crippen LogP contribution >= 0.6 is 34.7 Å². The summed E-state index contributed by atoms with van der Waals surface area (Å²) < 4.78 is 10.7. The van der Waals surface area contributed by atoms with Gasteiger partial charge in [0.2, 0.25) is 5.91 Å². The van der Waals surface area contributed by atoms with E-state index in [4.69, 9.17) is 21.1 Å². The monoisotopic (exact) mass is 683 g/mol. The molecule has 3 amide bonds. The minimum absolute atomic E-state index is 0.106. The van der Waals surface area contributed by atoms with Gasteiger partial charge in [-0.1, -0.05) is 66.2 Å². The number of ether oxygens (including phenoxy) is 2. The van der Waals surface area contributed by atoms with Crippen LogP contribution in [-0.4, -0.2) is 31.9 Å². The number of thioether (sulfide) groups is 1. The van der Waals surface area contributed by atoms with Gasteiger partial charge in [-0.15, -0.1) is 23.1 Å². The smallest absolute Gasteiger partial charge is 0.272 e. The molecule has 0 radical (unpaired) electrons. The first-order valence-corrected chi connectivity index (χ1v) is 16.5. The molecule has 0 spiro atoms. The number of nitrogens with one attached hydrogen (secondary N) is 3. The highest BCUT2D eigenvalue weighted by Crippen LogP contribution is 2.40. The van der Waals surface area contributed by atoms with E-state index < -0.39 is 17.1 Å². The second-order valence-corrected chi connectivity index (χ2v) is 12.5. The molecule has 47 heavy (non-hydrogen) atoms. The molecule has 5 aromatic rings. The molecule has 3 N–H and O–H groups in total. The van der Waals surface area contributed by atoms with Gasteiger partial charge in [0.1, 0.15) is 22.4 Å². The molecule has 0 saturated carbocycles. The third kappa shape index (κ3) is 8.82. The molecule has 1 unspecified atom stereocenters. The second kappa shape index (κ2) is 16.0. The fourth-order valence-corrected chi connectivity index (χ4v) is 6.39. The molecule has 0 aliphatic carbocycles. The quantitative estimate of drug-likeness (QED) is 0.0903. The van der Waals surface area contributed by atoms with Crippen molar-refractivity contribution in [2.75, 3.05) is 24.9 Å². The molecule has 4 aromatic carbocycles. The Balaban J connectivity index is 1.32. The average Bonchev–Trinajstić information content (AvgIpc) is 3.61. The van der Waals surface area contributed by atoms with Gasteiger partial charge in [0.05, 0.1) is 24.9 Å². The van der Waals surface area contributed by atoms with Crippen LogP contribution in [0.15, 0.2) is 125 Å². The van der Waals surface area contributed by atoms with Crippen LogP contribution in [0, 0.1) is 0 Å². The maximum absolute atomic E-state index is 13.7. The Morgan fingerprint density at radius 1 is 0.809 bits per heavy atom. The van der Waals surface area contributed by atoms with Crippen molar-refractivity contribution in [2.24, 2.45) is 0 Å². The Morgan fingerprint density at radius 2 is 1.49 bits per heavy atom. The van der Waals surface area contributed by atoms with Gasteiger partial charge in [0.25, 0.3) is 11.8 Å². The largest absolute Gasteiger partial charge is 0.495 e. The average molecular weight is 684 g/mol. The van der Waals surface area contributed by atoms with Crippen LogP contribution in [0.2, 0.25) is 5.02 Å². The van der Waals surface area contributed by atoms with Crippen LogP contribution in [0.5, 0.6) is 11.5 Å². The summed E-state index contributed by atoms with van der Waals surface area (Å²) in [4.78, 5) is 41.5. The number of hydrogen-bond donors (Lipinski definition) is 3. The number of hydrogen-bond acceptors (Lipinski definition) is 7. The van der Waals surface area contributed by atoms with Gasteiger partial charge in [0, 0.05) is 27.1 Å². The fourth-order valence-electron chi connectivity index (χ4n) is 4.47. The molecule has 1 atom stereocenters. The van der Waals surface area contributed by atoms with Gasteiger partial charge < -0.3 is 25.4 Å². The number of thiophene rings is 1. The topological polar surface area (TPSA) is 106 Å². The van der Waals surface area contributed by atoms with Crippen molar-refractivity contribution in [3.05, 3.63) is 141 Å². The van der Waals surface area contributed by atoms with E-state index >= 15 is 0 Å². The van der Waals surface area contributed by atoms with Gasteiger partial charge >= 0.3 is 0 Å². The van der Waals surface area contributed by atoms with E-state index in [-0.39, 0.29) is 11.6 Å². The predicted molar refractivity (Wildman–Crippen MR) is 190 cm³/mol. The van der Waals surface area contributed by atoms with Crippen molar-refractivity contribution < 1.29 is 23.9 Å². The minimum Gasteiger partial charge on any atom is -0.495 e. The van der Waals surface area contributed by atoms with Crippen LogP contribution in [0.3, 0.4) is 0 Å². The summed E-state index contributed by atoms with van der Waals surface area (Å²) in [5, 5.41) is 10.1. The standard InChI is InChI=1S/C36H30ClN3O5S2/c1-44-31-22-32(45-2)29(21-28(31)37)39-36(43)33(23-10-5-3-6-11-23)47-26-17-15-25(16-18-26)38-35(42)30(20-27-14-9-19-46-27)40-34(41)24-12-7-4-8-13-24/h3-22,33H,1-2H3,(H,38,42)(H,39,43)(H,40,41)/b30-20-. The zero-order chi connectivity index (χ0) is 33.2. The molecule has 11 heteroatoms. The molecule has 8 nitrogen and oxygen atoms in total. The molecule has 1 heterocycles. The lowest BCUT2D eigenvalue weighted by Gasteiger charge is -2.19. The fraction of sp³-hybridized carbons (Fsp3) is 0.0833. The van der Waals surface area contributed by atoms with Gasteiger partial charge in [0.15, 0.2) is 0 Å². The molecule has 0 fully saturated rings. The van der Waals surface area contributed by atoms with E-state index in [0.29, 0.717) is 33.5 Å². The first-order valence-electron chi connectivity index (χ1n) is 14.3. The summed E-state index contributed by atoms with van der Waals surface area (Å²) in [6.45, 7) is 0. The Labute approximate surface area is 285 Å². The highest BCUT2D eigenvalue weighted by atomic mass is 35.5. The molecule has 1 aromatic heterocycles. The minimum atomic E-state index is -0.629. The van der Waals surface area contributed by atoms with Crippen molar-refractivity contribution in [1.29, 1.82) is 0 Å². The molecule has 0 aliphatic rings. The van der Waals surface area contributed by atoms with Crippen molar-refractivity contribution in [3.63, 3.8) is 0 Å². The first kappa shape index (κ1) is 33.3. The molecule has 0 saturated heterocycles. The number of benzene rings is 4. The Kier molecular flexibility index (Phi) is 11.3. The van der Waals surface area contributed by atoms with Gasteiger partial charge in [-0.2, -0.15) is 0 Å². The maximum Gasteiger partial charge on any atom is 0.272 e. The molecular weight excluding hydrogens is 654 g/mol. The zero-order valence-electron chi connectivity index (χ0n) is 25.4. The number of carbonyl (C=O) groups excluding carboxylic acids is 3. The number of anilines is 2. The summed E-state index contributed by atoms with van der Waals surface area (Å²) in [5.41, 5.74) is 2.26. The zero-order valence-corrected chi connectivity index (χ0v) is 27.7. The normalized spacial score (nSPS) is 11.7. The van der Waals surface area contributed by atoms with E-state index in [9.17, 15) is 14.4 Å². The number of amides is 3. The Hall–Kier alpha value is -5.03. The van der Waals surface area contributed by atoms with Gasteiger partial charge in [-0.3, -0.25) is 14.4 Å². The lowest BCUT2D eigenvalue weighted by Crippen LogP contribution is -2.30. The van der Waals surface area contributed by atoms with Crippen LogP contribution in [-0.2, 0) is 9.59 Å². The maximum atomic E-state index is 13.7. The predicted octanol–water partition coefficient (Wildman–Crippen LogP) is 8.30. The summed E-state index contributed by atoms with van der Waals surface area (Å²) in [6.07, 6.45) is 1.64. The first-order chi connectivity index (χ1) is 22.8. The van der Waals surface area contributed by atoms with Crippen LogP contribution in [0.25, 0.3) is 6.08 Å². The molecule has 0 bridgehead atoms. The van der Waals surface area contributed by atoms with Crippen molar-refractivity contribution in [1.82, 2.24) is 5.32 Å². The van der Waals surface area contributed by atoms with E-state index in [1.807, 2.05) is 66.0 Å². The number of methoxy groups -OCH3 is 2. The lowest BCUT2D eigenvalue weighted by atomic mass is 10.1. The van der Waals surface area contributed by atoms with Crippen molar-refractivity contribution >= 4 is 69.9 Å². The van der Waals surface area contributed by atoms with Crippen molar-refractivity contribution in [2.45, 2.75) is 10.1 Å². The highest BCUT2D eigenvalue weighted by Gasteiger charge is 2.24.